The molecule has 3 aromatic rings. The van der Waals surface area contributed by atoms with Crippen LogP contribution in [0.4, 0.5) is 10.1 Å². The summed E-state index contributed by atoms with van der Waals surface area (Å²) in [6.07, 6.45) is 0. The number of rotatable bonds is 7. The predicted molar refractivity (Wildman–Crippen MR) is 108 cm³/mol. The zero-order valence-corrected chi connectivity index (χ0v) is 16.4. The standard InChI is InChI=1S/C21H19FN2O4S/c1-16-7-13-20(14-8-16)29(26,27)23-24(21(25)17-5-3-2-4-6-17)18-9-11-19(12-10-18)28-15-22/h2-14,23H,15H2,1H3. The van der Waals surface area contributed by atoms with Crippen molar-refractivity contribution in [3.63, 3.8) is 0 Å². The molecule has 0 fully saturated rings. The van der Waals surface area contributed by atoms with E-state index in [1.54, 1.807) is 42.5 Å². The number of hydrazine groups is 1. The lowest BCUT2D eigenvalue weighted by atomic mass is 10.2. The molecule has 6 nitrogen and oxygen atoms in total. The molecule has 29 heavy (non-hydrogen) atoms. The van der Waals surface area contributed by atoms with Crippen molar-refractivity contribution in [2.24, 2.45) is 0 Å². The first-order valence-corrected chi connectivity index (χ1v) is 10.2. The molecule has 1 N–H and O–H groups in total. The van der Waals surface area contributed by atoms with Gasteiger partial charge in [-0.05, 0) is 55.5 Å². The summed E-state index contributed by atoms with van der Waals surface area (Å²) in [5, 5.41) is 0.934. The molecule has 8 heteroatoms. The summed E-state index contributed by atoms with van der Waals surface area (Å²) >= 11 is 0. The Kier molecular flexibility index (Phi) is 6.26. The molecule has 150 valence electrons. The number of alkyl halides is 1. The van der Waals surface area contributed by atoms with Gasteiger partial charge < -0.3 is 4.74 Å². The molecule has 0 unspecified atom stereocenters. The van der Waals surface area contributed by atoms with Crippen molar-refractivity contribution < 1.29 is 22.3 Å². The lowest BCUT2D eigenvalue weighted by Gasteiger charge is -2.23. The number of hydrogen-bond acceptors (Lipinski definition) is 4. The van der Waals surface area contributed by atoms with Crippen LogP contribution in [-0.4, -0.2) is 21.2 Å². The van der Waals surface area contributed by atoms with Gasteiger partial charge in [0, 0.05) is 5.56 Å². The number of nitrogens with zero attached hydrogens (tertiary/aromatic N) is 1. The maximum Gasteiger partial charge on any atom is 0.273 e. The van der Waals surface area contributed by atoms with Crippen LogP contribution in [0.25, 0.3) is 0 Å². The fourth-order valence-corrected chi connectivity index (χ4v) is 3.59. The van der Waals surface area contributed by atoms with Gasteiger partial charge in [0.15, 0.2) is 0 Å². The molecular formula is C21H19FN2O4S. The number of amides is 1. The third-order valence-corrected chi connectivity index (χ3v) is 5.40. The van der Waals surface area contributed by atoms with Crippen molar-refractivity contribution in [1.29, 1.82) is 0 Å². The number of nitrogens with one attached hydrogen (secondary N) is 1. The van der Waals surface area contributed by atoms with Crippen LogP contribution in [0.3, 0.4) is 0 Å². The molecule has 0 saturated heterocycles. The second-order valence-electron chi connectivity index (χ2n) is 6.16. The number of sulfonamides is 1. The van der Waals surface area contributed by atoms with E-state index < -0.39 is 22.8 Å². The number of aryl methyl sites for hydroxylation is 1. The van der Waals surface area contributed by atoms with Gasteiger partial charge in [-0.1, -0.05) is 35.9 Å². The van der Waals surface area contributed by atoms with Crippen LogP contribution in [0.15, 0.2) is 83.8 Å². The fraction of sp³-hybridized carbons (Fsp3) is 0.0952. The van der Waals surface area contributed by atoms with Gasteiger partial charge in [-0.3, -0.25) is 4.79 Å². The number of carbonyl (C=O) groups is 1. The van der Waals surface area contributed by atoms with Crippen LogP contribution in [0.1, 0.15) is 15.9 Å². The topological polar surface area (TPSA) is 75.7 Å². The zero-order chi connectivity index (χ0) is 20.9. The number of halogens is 1. The molecule has 0 aliphatic rings. The van der Waals surface area contributed by atoms with E-state index in [0.717, 1.165) is 10.6 Å². The van der Waals surface area contributed by atoms with Crippen LogP contribution in [0.5, 0.6) is 5.75 Å². The summed E-state index contributed by atoms with van der Waals surface area (Å²) in [4.78, 5) is 15.4. The largest absolute Gasteiger partial charge is 0.463 e. The number of carbonyl (C=O) groups excluding carboxylic acids is 1. The molecule has 0 saturated carbocycles. The van der Waals surface area contributed by atoms with Gasteiger partial charge in [0.25, 0.3) is 15.9 Å². The minimum atomic E-state index is -4.03. The van der Waals surface area contributed by atoms with Gasteiger partial charge in [-0.25, -0.2) is 17.8 Å². The van der Waals surface area contributed by atoms with Crippen molar-refractivity contribution in [3.8, 4) is 5.75 Å². The molecule has 0 aromatic heterocycles. The summed E-state index contributed by atoms with van der Waals surface area (Å²) in [6.45, 7) is 0.849. The van der Waals surface area contributed by atoms with Gasteiger partial charge >= 0.3 is 0 Å². The molecule has 3 aromatic carbocycles. The summed E-state index contributed by atoms with van der Waals surface area (Å²) in [6, 6.07) is 20.3. The van der Waals surface area contributed by atoms with Crippen LogP contribution in [0.2, 0.25) is 0 Å². The smallest absolute Gasteiger partial charge is 0.273 e. The monoisotopic (exact) mass is 414 g/mol. The Bertz CT molecular complexity index is 1070. The summed E-state index contributed by atoms with van der Waals surface area (Å²) < 4.78 is 42.8. The van der Waals surface area contributed by atoms with E-state index in [4.69, 9.17) is 4.74 Å². The Hall–Kier alpha value is -3.23. The average molecular weight is 414 g/mol. The van der Waals surface area contributed by atoms with E-state index in [0.29, 0.717) is 5.56 Å². The van der Waals surface area contributed by atoms with E-state index in [-0.39, 0.29) is 16.3 Å². The first kappa shape index (κ1) is 20.5. The molecule has 0 atom stereocenters. The Morgan fingerprint density at radius 1 is 0.966 bits per heavy atom. The van der Waals surface area contributed by atoms with E-state index in [2.05, 4.69) is 4.83 Å². The number of benzene rings is 3. The van der Waals surface area contributed by atoms with Crippen LogP contribution in [-0.2, 0) is 10.0 Å². The Morgan fingerprint density at radius 3 is 2.17 bits per heavy atom. The highest BCUT2D eigenvalue weighted by atomic mass is 32.2. The third-order valence-electron chi connectivity index (χ3n) is 4.08. The van der Waals surface area contributed by atoms with Crippen molar-refractivity contribution in [1.82, 2.24) is 4.83 Å². The third kappa shape index (κ3) is 4.98. The van der Waals surface area contributed by atoms with E-state index in [1.165, 1.54) is 36.4 Å². The van der Waals surface area contributed by atoms with Crippen molar-refractivity contribution in [3.05, 3.63) is 90.0 Å². The quantitative estimate of drug-likeness (QED) is 0.596. The molecule has 0 aliphatic heterocycles. The van der Waals surface area contributed by atoms with Crippen molar-refractivity contribution in [2.75, 3.05) is 11.9 Å². The molecule has 1 amide bonds. The molecular weight excluding hydrogens is 395 g/mol. The van der Waals surface area contributed by atoms with Gasteiger partial charge in [-0.15, -0.1) is 4.83 Å². The Balaban J connectivity index is 1.98. The molecule has 0 spiro atoms. The zero-order valence-electron chi connectivity index (χ0n) is 15.6. The molecule has 0 radical (unpaired) electrons. The molecule has 0 bridgehead atoms. The predicted octanol–water partition coefficient (Wildman–Crippen LogP) is 3.84. The van der Waals surface area contributed by atoms with E-state index in [9.17, 15) is 17.6 Å². The molecule has 0 aliphatic carbocycles. The van der Waals surface area contributed by atoms with Crippen LogP contribution >= 0.6 is 0 Å². The second kappa shape index (κ2) is 8.85. The van der Waals surface area contributed by atoms with Crippen molar-refractivity contribution >= 4 is 21.6 Å². The minimum Gasteiger partial charge on any atom is -0.463 e. The SMILES string of the molecule is Cc1ccc(S(=O)(=O)NN(C(=O)c2ccccc2)c2ccc(OCF)cc2)cc1. The molecule has 3 rings (SSSR count). The maximum absolute atomic E-state index is 13.0. The van der Waals surface area contributed by atoms with Gasteiger partial charge in [0.05, 0.1) is 10.6 Å². The highest BCUT2D eigenvalue weighted by Crippen LogP contribution is 2.22. The average Bonchev–Trinajstić information content (AvgIpc) is 2.73. The van der Waals surface area contributed by atoms with E-state index >= 15 is 0 Å². The summed E-state index contributed by atoms with van der Waals surface area (Å²) in [5.41, 5.74) is 1.45. The summed E-state index contributed by atoms with van der Waals surface area (Å²) in [7, 11) is -4.03. The van der Waals surface area contributed by atoms with Gasteiger partial charge in [0.1, 0.15) is 5.75 Å². The lowest BCUT2D eigenvalue weighted by molar-refractivity contribution is 0.0981. The number of ether oxygens (including phenoxy) is 1. The first-order valence-electron chi connectivity index (χ1n) is 8.68. The van der Waals surface area contributed by atoms with Crippen molar-refractivity contribution in [2.45, 2.75) is 11.8 Å². The summed E-state index contributed by atoms with van der Waals surface area (Å²) in [5.74, 6) is -0.315. The first-order chi connectivity index (χ1) is 13.9. The Morgan fingerprint density at radius 2 is 1.59 bits per heavy atom. The normalized spacial score (nSPS) is 11.1. The number of hydrogen-bond donors (Lipinski definition) is 1. The minimum absolute atomic E-state index is 0.0198. The number of anilines is 1. The fourth-order valence-electron chi connectivity index (χ4n) is 2.57. The van der Waals surface area contributed by atoms with Gasteiger partial charge in [0.2, 0.25) is 6.86 Å². The molecule has 0 heterocycles. The van der Waals surface area contributed by atoms with Crippen LogP contribution < -0.4 is 14.6 Å². The van der Waals surface area contributed by atoms with E-state index in [1.807, 2.05) is 6.92 Å². The van der Waals surface area contributed by atoms with Gasteiger partial charge in [-0.2, -0.15) is 0 Å². The second-order valence-corrected chi connectivity index (χ2v) is 7.82. The maximum atomic E-state index is 13.0. The Labute approximate surface area is 168 Å². The lowest BCUT2D eigenvalue weighted by Crippen LogP contribution is -2.46. The highest BCUT2D eigenvalue weighted by Gasteiger charge is 2.25. The highest BCUT2D eigenvalue weighted by molar-refractivity contribution is 7.89. The van der Waals surface area contributed by atoms with Crippen LogP contribution in [0, 0.1) is 6.92 Å².